The number of nitrogens with zero attached hydrogens (tertiary/aromatic N) is 4. The summed E-state index contributed by atoms with van der Waals surface area (Å²) in [6, 6.07) is 0. The topological polar surface area (TPSA) is 69.1 Å². The van der Waals surface area contributed by atoms with Gasteiger partial charge in [-0.2, -0.15) is 9.61 Å². The van der Waals surface area contributed by atoms with Crippen LogP contribution < -0.4 is 5.73 Å². The molecule has 0 unspecified atom stereocenters. The van der Waals surface area contributed by atoms with Crippen molar-refractivity contribution in [3.8, 4) is 0 Å². The molecule has 6 heteroatoms. The lowest BCUT2D eigenvalue weighted by Gasteiger charge is -2.40. The molecule has 5 nitrogen and oxygen atoms in total. The molecule has 0 atom stereocenters. The van der Waals surface area contributed by atoms with E-state index in [0.717, 1.165) is 22.9 Å². The lowest BCUT2D eigenvalue weighted by atomic mass is 9.67. The van der Waals surface area contributed by atoms with Crippen molar-refractivity contribution in [2.75, 3.05) is 6.54 Å². The molecule has 1 aliphatic carbocycles. The summed E-state index contributed by atoms with van der Waals surface area (Å²) in [7, 11) is 0. The summed E-state index contributed by atoms with van der Waals surface area (Å²) in [5.41, 5.74) is 6.15. The van der Waals surface area contributed by atoms with E-state index in [-0.39, 0.29) is 0 Å². The van der Waals surface area contributed by atoms with Gasteiger partial charge in [-0.05, 0) is 24.8 Å². The van der Waals surface area contributed by atoms with Crippen LogP contribution in [-0.4, -0.2) is 26.4 Å². The number of nitrogens with two attached hydrogens (primary N) is 1. The van der Waals surface area contributed by atoms with Crippen LogP contribution in [-0.2, 0) is 6.42 Å². The van der Waals surface area contributed by atoms with Crippen molar-refractivity contribution in [1.82, 2.24) is 19.8 Å². The Hall–Kier alpha value is -1.01. The van der Waals surface area contributed by atoms with Crippen LogP contribution in [0.4, 0.5) is 0 Å². The Kier molecular flexibility index (Phi) is 2.00. The predicted molar refractivity (Wildman–Crippen MR) is 57.7 cm³/mol. The summed E-state index contributed by atoms with van der Waals surface area (Å²) in [5, 5.41) is 13.3. The summed E-state index contributed by atoms with van der Waals surface area (Å²) >= 11 is 1.62. The molecule has 0 aliphatic heterocycles. The molecule has 1 saturated carbocycles. The molecule has 80 valence electrons. The SMILES string of the molecule is NCC1(Cc2nn3cnnc3s2)CCC1. The van der Waals surface area contributed by atoms with E-state index in [1.54, 1.807) is 22.2 Å². The van der Waals surface area contributed by atoms with Crippen LogP contribution in [0.5, 0.6) is 0 Å². The number of hydrogen-bond donors (Lipinski definition) is 1. The van der Waals surface area contributed by atoms with Gasteiger partial charge in [0, 0.05) is 6.42 Å². The van der Waals surface area contributed by atoms with E-state index in [1.165, 1.54) is 19.3 Å². The Morgan fingerprint density at radius 2 is 2.40 bits per heavy atom. The minimum absolute atomic E-state index is 0.323. The van der Waals surface area contributed by atoms with Crippen LogP contribution in [0.15, 0.2) is 6.33 Å². The lowest BCUT2D eigenvalue weighted by Crippen LogP contribution is -2.39. The lowest BCUT2D eigenvalue weighted by molar-refractivity contribution is 0.144. The fourth-order valence-corrected chi connectivity index (χ4v) is 3.11. The van der Waals surface area contributed by atoms with Crippen molar-refractivity contribution in [2.24, 2.45) is 11.1 Å². The van der Waals surface area contributed by atoms with Gasteiger partial charge >= 0.3 is 0 Å². The van der Waals surface area contributed by atoms with Crippen molar-refractivity contribution >= 4 is 16.3 Å². The standard InChI is InChI=1S/C9H13N5S/c10-5-9(2-1-3-9)4-7-13-14-6-11-12-8(14)15-7/h6H,1-5,10H2. The van der Waals surface area contributed by atoms with Gasteiger partial charge in [-0.1, -0.05) is 17.8 Å². The molecule has 1 fully saturated rings. The molecule has 0 aromatic carbocycles. The van der Waals surface area contributed by atoms with Gasteiger partial charge in [-0.25, -0.2) is 0 Å². The van der Waals surface area contributed by atoms with Gasteiger partial charge in [0.15, 0.2) is 0 Å². The maximum atomic E-state index is 5.83. The van der Waals surface area contributed by atoms with Crippen LogP contribution in [0.2, 0.25) is 0 Å². The summed E-state index contributed by atoms with van der Waals surface area (Å²) in [6.45, 7) is 0.771. The van der Waals surface area contributed by atoms with Crippen molar-refractivity contribution in [1.29, 1.82) is 0 Å². The monoisotopic (exact) mass is 223 g/mol. The smallest absolute Gasteiger partial charge is 0.234 e. The Morgan fingerprint density at radius 3 is 3.00 bits per heavy atom. The van der Waals surface area contributed by atoms with Gasteiger partial charge in [0.25, 0.3) is 0 Å². The normalized spacial score (nSPS) is 19.3. The van der Waals surface area contributed by atoms with Crippen molar-refractivity contribution in [2.45, 2.75) is 25.7 Å². The van der Waals surface area contributed by atoms with Crippen LogP contribution in [0, 0.1) is 5.41 Å². The highest BCUT2D eigenvalue weighted by Crippen LogP contribution is 2.43. The van der Waals surface area contributed by atoms with Crippen molar-refractivity contribution < 1.29 is 0 Å². The van der Waals surface area contributed by atoms with Gasteiger partial charge in [-0.15, -0.1) is 10.2 Å². The zero-order valence-corrected chi connectivity index (χ0v) is 9.20. The first-order chi connectivity index (χ1) is 7.31. The summed E-state index contributed by atoms with van der Waals surface area (Å²) < 4.78 is 1.74. The molecule has 0 spiro atoms. The molecule has 0 amide bonds. The molecule has 2 aromatic heterocycles. The van der Waals surface area contributed by atoms with Gasteiger partial charge in [0.1, 0.15) is 11.3 Å². The van der Waals surface area contributed by atoms with Crippen LogP contribution in [0.3, 0.4) is 0 Å². The Balaban J connectivity index is 1.85. The number of hydrogen-bond acceptors (Lipinski definition) is 5. The maximum Gasteiger partial charge on any atom is 0.234 e. The van der Waals surface area contributed by atoms with E-state index in [2.05, 4.69) is 15.3 Å². The average Bonchev–Trinajstić information content (AvgIpc) is 2.70. The van der Waals surface area contributed by atoms with E-state index in [0.29, 0.717) is 5.41 Å². The van der Waals surface area contributed by atoms with Gasteiger partial charge in [0.2, 0.25) is 4.96 Å². The third kappa shape index (κ3) is 1.44. The third-order valence-electron chi connectivity index (χ3n) is 3.30. The molecule has 0 saturated heterocycles. The quantitative estimate of drug-likeness (QED) is 0.837. The molecular formula is C9H13N5S. The van der Waals surface area contributed by atoms with Crippen LogP contribution in [0.25, 0.3) is 4.96 Å². The van der Waals surface area contributed by atoms with E-state index in [4.69, 9.17) is 5.73 Å². The number of rotatable bonds is 3. The molecule has 0 bridgehead atoms. The van der Waals surface area contributed by atoms with E-state index >= 15 is 0 Å². The van der Waals surface area contributed by atoms with Gasteiger partial charge in [0.05, 0.1) is 0 Å². The van der Waals surface area contributed by atoms with Gasteiger partial charge < -0.3 is 5.73 Å². The maximum absolute atomic E-state index is 5.83. The Morgan fingerprint density at radius 1 is 1.53 bits per heavy atom. The molecule has 1 aliphatic rings. The second-order valence-corrected chi connectivity index (χ2v) is 5.33. The Bertz CT molecular complexity index is 435. The second kappa shape index (κ2) is 3.24. The number of fused-ring (bicyclic) bond motifs is 1. The number of aromatic nitrogens is 4. The predicted octanol–water partition coefficient (Wildman–Crippen LogP) is 0.857. The summed E-state index contributed by atoms with van der Waals surface area (Å²) in [4.78, 5) is 0.872. The van der Waals surface area contributed by atoms with E-state index in [9.17, 15) is 0 Å². The first-order valence-electron chi connectivity index (χ1n) is 5.17. The summed E-state index contributed by atoms with van der Waals surface area (Å²) in [5.74, 6) is 0. The molecule has 0 radical (unpaired) electrons. The fourth-order valence-electron chi connectivity index (χ4n) is 2.12. The highest BCUT2D eigenvalue weighted by Gasteiger charge is 2.36. The minimum Gasteiger partial charge on any atom is -0.330 e. The van der Waals surface area contributed by atoms with E-state index < -0.39 is 0 Å². The molecule has 2 aromatic rings. The molecular weight excluding hydrogens is 210 g/mol. The largest absolute Gasteiger partial charge is 0.330 e. The zero-order valence-electron chi connectivity index (χ0n) is 8.39. The molecule has 2 heterocycles. The summed E-state index contributed by atoms with van der Waals surface area (Å²) in [6.07, 6.45) is 6.43. The zero-order chi connectivity index (χ0) is 10.3. The third-order valence-corrected chi connectivity index (χ3v) is 4.21. The average molecular weight is 223 g/mol. The second-order valence-electron chi connectivity index (χ2n) is 4.29. The van der Waals surface area contributed by atoms with Crippen molar-refractivity contribution in [3.05, 3.63) is 11.3 Å². The first-order valence-corrected chi connectivity index (χ1v) is 5.99. The van der Waals surface area contributed by atoms with Crippen molar-refractivity contribution in [3.63, 3.8) is 0 Å². The van der Waals surface area contributed by atoms with Crippen LogP contribution in [0.1, 0.15) is 24.3 Å². The highest BCUT2D eigenvalue weighted by atomic mass is 32.1. The fraction of sp³-hybridized carbons (Fsp3) is 0.667. The molecule has 3 rings (SSSR count). The molecule has 15 heavy (non-hydrogen) atoms. The highest BCUT2D eigenvalue weighted by molar-refractivity contribution is 7.16. The first kappa shape index (κ1) is 9.23. The molecule has 2 N–H and O–H groups in total. The van der Waals surface area contributed by atoms with E-state index in [1.807, 2.05) is 0 Å². The minimum atomic E-state index is 0.323. The van der Waals surface area contributed by atoms with Gasteiger partial charge in [-0.3, -0.25) is 0 Å². The van der Waals surface area contributed by atoms with Crippen LogP contribution >= 0.6 is 11.3 Å². The Labute approximate surface area is 91.3 Å².